The van der Waals surface area contributed by atoms with Gasteiger partial charge in [-0.05, 0) is 56.7 Å². The van der Waals surface area contributed by atoms with Crippen molar-refractivity contribution in [2.45, 2.75) is 51.6 Å². The van der Waals surface area contributed by atoms with Crippen LogP contribution < -0.4 is 15.4 Å². The van der Waals surface area contributed by atoms with E-state index in [9.17, 15) is 4.79 Å². The first-order chi connectivity index (χ1) is 10.7. The van der Waals surface area contributed by atoms with Crippen LogP contribution in [0.2, 0.25) is 0 Å². The van der Waals surface area contributed by atoms with E-state index in [-0.39, 0.29) is 18.3 Å². The summed E-state index contributed by atoms with van der Waals surface area (Å²) in [7, 11) is 0. The van der Waals surface area contributed by atoms with Gasteiger partial charge >= 0.3 is 0 Å². The van der Waals surface area contributed by atoms with E-state index < -0.39 is 0 Å². The Hall–Kier alpha value is -1.26. The van der Waals surface area contributed by atoms with Gasteiger partial charge in [-0.2, -0.15) is 0 Å². The maximum Gasteiger partial charge on any atom is 0.221 e. The monoisotopic (exact) mass is 338 g/mol. The Balaban J connectivity index is 0.00000192. The number of carbonyl (C=O) groups is 1. The Labute approximate surface area is 144 Å². The first-order valence-corrected chi connectivity index (χ1v) is 8.43. The Bertz CT molecular complexity index is 526. The molecule has 2 fully saturated rings. The molecular weight excluding hydrogens is 312 g/mol. The summed E-state index contributed by atoms with van der Waals surface area (Å²) in [5.74, 6) is 1.77. The van der Waals surface area contributed by atoms with Gasteiger partial charge < -0.3 is 15.4 Å². The molecule has 1 aromatic rings. The molecule has 23 heavy (non-hydrogen) atoms. The van der Waals surface area contributed by atoms with Crippen molar-refractivity contribution >= 4 is 18.3 Å². The second-order valence-corrected chi connectivity index (χ2v) is 6.64. The van der Waals surface area contributed by atoms with Crippen LogP contribution in [0.5, 0.6) is 5.75 Å². The van der Waals surface area contributed by atoms with Gasteiger partial charge in [0.15, 0.2) is 0 Å². The van der Waals surface area contributed by atoms with Crippen molar-refractivity contribution in [2.24, 2.45) is 5.92 Å². The van der Waals surface area contributed by atoms with E-state index in [2.05, 4.69) is 35.8 Å². The third-order valence-electron chi connectivity index (χ3n) is 4.46. The van der Waals surface area contributed by atoms with Crippen LogP contribution in [0.3, 0.4) is 0 Å². The first kappa shape index (κ1) is 18.1. The summed E-state index contributed by atoms with van der Waals surface area (Å²) in [6.07, 6.45) is 5.42. The molecule has 4 nitrogen and oxygen atoms in total. The molecule has 1 aliphatic carbocycles. The van der Waals surface area contributed by atoms with Crippen molar-refractivity contribution in [2.75, 3.05) is 13.2 Å². The molecule has 1 saturated heterocycles. The molecule has 128 valence electrons. The molecule has 1 heterocycles. The third-order valence-corrected chi connectivity index (χ3v) is 4.46. The lowest BCUT2D eigenvalue weighted by Gasteiger charge is -2.14. The highest BCUT2D eigenvalue weighted by molar-refractivity contribution is 5.85. The maximum atomic E-state index is 12.0. The fraction of sp³-hybridized carbons (Fsp3) is 0.611. The fourth-order valence-electron chi connectivity index (χ4n) is 2.86. The summed E-state index contributed by atoms with van der Waals surface area (Å²) in [4.78, 5) is 12.0. The van der Waals surface area contributed by atoms with Crippen molar-refractivity contribution in [1.29, 1.82) is 0 Å². The lowest BCUT2D eigenvalue weighted by atomic mass is 10.1. The lowest BCUT2D eigenvalue weighted by molar-refractivity contribution is -0.121. The van der Waals surface area contributed by atoms with Crippen LogP contribution in [-0.2, 0) is 11.3 Å². The molecule has 0 aromatic heterocycles. The lowest BCUT2D eigenvalue weighted by Crippen LogP contribution is -2.31. The number of hydrogen-bond donors (Lipinski definition) is 2. The highest BCUT2D eigenvalue weighted by Crippen LogP contribution is 2.30. The topological polar surface area (TPSA) is 50.4 Å². The van der Waals surface area contributed by atoms with Crippen molar-refractivity contribution in [3.63, 3.8) is 0 Å². The van der Waals surface area contributed by atoms with Gasteiger partial charge in [-0.1, -0.05) is 12.1 Å². The van der Waals surface area contributed by atoms with Crippen molar-refractivity contribution in [3.8, 4) is 5.75 Å². The number of halogens is 1. The predicted molar refractivity (Wildman–Crippen MR) is 94.1 cm³/mol. The van der Waals surface area contributed by atoms with Crippen LogP contribution in [0.15, 0.2) is 18.2 Å². The molecule has 1 amide bonds. The third kappa shape index (κ3) is 5.70. The van der Waals surface area contributed by atoms with Crippen LogP contribution in [0.25, 0.3) is 0 Å². The molecule has 0 radical (unpaired) electrons. The molecule has 1 atom stereocenters. The quantitative estimate of drug-likeness (QED) is 0.803. The first-order valence-electron chi connectivity index (χ1n) is 8.43. The van der Waals surface area contributed by atoms with Crippen LogP contribution in [0.1, 0.15) is 43.2 Å². The van der Waals surface area contributed by atoms with Gasteiger partial charge in [-0.25, -0.2) is 0 Å². The number of rotatable bonds is 7. The predicted octanol–water partition coefficient (Wildman–Crippen LogP) is 2.96. The average Bonchev–Trinajstić information content (AvgIpc) is 3.20. The van der Waals surface area contributed by atoms with Crippen molar-refractivity contribution in [1.82, 2.24) is 10.6 Å². The van der Waals surface area contributed by atoms with Gasteiger partial charge in [0, 0.05) is 24.6 Å². The Kier molecular flexibility index (Phi) is 6.72. The molecule has 1 saturated carbocycles. The Morgan fingerprint density at radius 3 is 2.87 bits per heavy atom. The highest BCUT2D eigenvalue weighted by atomic mass is 35.5. The Morgan fingerprint density at radius 2 is 2.17 bits per heavy atom. The van der Waals surface area contributed by atoms with E-state index >= 15 is 0 Å². The molecule has 1 aliphatic heterocycles. The number of ether oxygens (including phenoxy) is 1. The number of nitrogens with one attached hydrogen (secondary N) is 2. The minimum Gasteiger partial charge on any atom is -0.493 e. The van der Waals surface area contributed by atoms with Crippen LogP contribution in [0, 0.1) is 12.8 Å². The van der Waals surface area contributed by atoms with Gasteiger partial charge in [0.25, 0.3) is 0 Å². The summed E-state index contributed by atoms with van der Waals surface area (Å²) >= 11 is 0. The van der Waals surface area contributed by atoms with Gasteiger partial charge in [-0.15, -0.1) is 12.4 Å². The van der Waals surface area contributed by atoms with Crippen LogP contribution in [-0.4, -0.2) is 25.1 Å². The molecule has 0 spiro atoms. The zero-order valence-corrected chi connectivity index (χ0v) is 14.6. The minimum absolute atomic E-state index is 0. The van der Waals surface area contributed by atoms with Gasteiger partial charge in [-0.3, -0.25) is 4.79 Å². The van der Waals surface area contributed by atoms with E-state index in [1.807, 2.05) is 0 Å². The molecule has 5 heteroatoms. The standard InChI is InChI=1S/C18H26N2O2.ClH/c1-13-4-7-15(17(9-13)22-12-14-5-6-14)11-20-18(21)10-16-3-2-8-19-16;/h4,7,9,14,16,19H,2-3,5-6,8,10-12H2,1H3,(H,20,21);1H. The molecule has 3 rings (SSSR count). The molecular formula is C18H27ClN2O2. The number of amides is 1. The SMILES string of the molecule is Cc1ccc(CNC(=O)CC2CCCN2)c(OCC2CC2)c1.Cl. The average molecular weight is 339 g/mol. The second kappa shape index (κ2) is 8.55. The summed E-state index contributed by atoms with van der Waals surface area (Å²) in [5.41, 5.74) is 2.26. The largest absolute Gasteiger partial charge is 0.493 e. The van der Waals surface area contributed by atoms with Crippen molar-refractivity contribution in [3.05, 3.63) is 29.3 Å². The summed E-state index contributed by atoms with van der Waals surface area (Å²) in [5, 5.41) is 6.39. The molecule has 1 unspecified atom stereocenters. The van der Waals surface area contributed by atoms with Gasteiger partial charge in [0.1, 0.15) is 5.75 Å². The second-order valence-electron chi connectivity index (χ2n) is 6.64. The highest BCUT2D eigenvalue weighted by Gasteiger charge is 2.22. The van der Waals surface area contributed by atoms with E-state index in [1.54, 1.807) is 0 Å². The number of hydrogen-bond acceptors (Lipinski definition) is 3. The van der Waals surface area contributed by atoms with Gasteiger partial charge in [0.2, 0.25) is 5.91 Å². The van der Waals surface area contributed by atoms with E-state index in [1.165, 1.54) is 24.8 Å². The summed E-state index contributed by atoms with van der Waals surface area (Å²) in [6.45, 7) is 4.45. The van der Waals surface area contributed by atoms with Crippen molar-refractivity contribution < 1.29 is 9.53 Å². The number of benzene rings is 1. The van der Waals surface area contributed by atoms with Crippen LogP contribution >= 0.6 is 12.4 Å². The zero-order valence-electron chi connectivity index (χ0n) is 13.8. The zero-order chi connectivity index (χ0) is 15.4. The van der Waals surface area contributed by atoms with E-state index in [0.29, 0.717) is 19.0 Å². The Morgan fingerprint density at radius 1 is 1.35 bits per heavy atom. The molecule has 1 aromatic carbocycles. The van der Waals surface area contributed by atoms with Gasteiger partial charge in [0.05, 0.1) is 6.61 Å². The van der Waals surface area contributed by atoms with E-state index in [4.69, 9.17) is 4.74 Å². The maximum absolute atomic E-state index is 12.0. The van der Waals surface area contributed by atoms with E-state index in [0.717, 1.165) is 36.8 Å². The summed E-state index contributed by atoms with van der Waals surface area (Å²) < 4.78 is 5.94. The molecule has 2 N–H and O–H groups in total. The fourth-order valence-corrected chi connectivity index (χ4v) is 2.86. The molecule has 2 aliphatic rings. The smallest absolute Gasteiger partial charge is 0.221 e. The minimum atomic E-state index is 0. The van der Waals surface area contributed by atoms with Crippen LogP contribution in [0.4, 0.5) is 0 Å². The normalized spacial score (nSPS) is 20.0. The summed E-state index contributed by atoms with van der Waals surface area (Å²) in [6, 6.07) is 6.56. The number of aryl methyl sites for hydroxylation is 1. The number of carbonyl (C=O) groups excluding carboxylic acids is 1. The molecule has 0 bridgehead atoms.